The zero-order chi connectivity index (χ0) is 12.8. The number of fused-ring (bicyclic) bond motifs is 1. The number of nitrogens with zero attached hydrogens (tertiary/aromatic N) is 1. The van der Waals surface area contributed by atoms with E-state index in [1.165, 1.54) is 28.9 Å². The fraction of sp³-hybridized carbons (Fsp3) is 0.615. The van der Waals surface area contributed by atoms with Gasteiger partial charge in [-0.3, -0.25) is 0 Å². The highest BCUT2D eigenvalue weighted by atomic mass is 32.1. The number of thiophene rings is 1. The standard InChI is InChI=1S/C10H13NO3S.C2H6.CH4/c1-13-10(12)9-5-7-6-11(14-2)4-3-8(7)15-9;1-2;/h5H,3-4,6H2,1-2H3;1-2H3;1H4. The Morgan fingerprint density at radius 1 is 1.39 bits per heavy atom. The van der Waals surface area contributed by atoms with Crippen molar-refractivity contribution in [1.29, 1.82) is 0 Å². The van der Waals surface area contributed by atoms with Gasteiger partial charge in [-0.05, 0) is 18.1 Å². The van der Waals surface area contributed by atoms with Crippen LogP contribution < -0.4 is 0 Å². The highest BCUT2D eigenvalue weighted by Crippen LogP contribution is 2.28. The van der Waals surface area contributed by atoms with Crippen LogP contribution in [0.1, 0.15) is 41.4 Å². The molecule has 0 spiro atoms. The fourth-order valence-electron chi connectivity index (χ4n) is 1.66. The van der Waals surface area contributed by atoms with E-state index in [0.29, 0.717) is 4.88 Å². The monoisotopic (exact) mass is 273 g/mol. The lowest BCUT2D eigenvalue weighted by Crippen LogP contribution is -2.28. The summed E-state index contributed by atoms with van der Waals surface area (Å²) in [7, 11) is 3.07. The van der Waals surface area contributed by atoms with Gasteiger partial charge in [-0.25, -0.2) is 4.79 Å². The third-order valence-corrected chi connectivity index (χ3v) is 3.69. The van der Waals surface area contributed by atoms with Crippen molar-refractivity contribution in [2.75, 3.05) is 20.8 Å². The SMILES string of the molecule is C.CC.COC(=O)c1cc2c(s1)CCN(OC)C2. The average Bonchev–Trinajstić information content (AvgIpc) is 2.82. The summed E-state index contributed by atoms with van der Waals surface area (Å²) in [6, 6.07) is 1.90. The van der Waals surface area contributed by atoms with Gasteiger partial charge in [0.25, 0.3) is 0 Å². The van der Waals surface area contributed by atoms with Gasteiger partial charge in [-0.2, -0.15) is 5.06 Å². The Hall–Kier alpha value is -0.910. The van der Waals surface area contributed by atoms with Gasteiger partial charge in [0.15, 0.2) is 0 Å². The van der Waals surface area contributed by atoms with Crippen LogP contribution in [0.2, 0.25) is 0 Å². The Morgan fingerprint density at radius 3 is 2.61 bits per heavy atom. The second-order valence-electron chi connectivity index (χ2n) is 3.35. The van der Waals surface area contributed by atoms with Crippen molar-refractivity contribution in [1.82, 2.24) is 5.06 Å². The molecule has 0 saturated heterocycles. The van der Waals surface area contributed by atoms with Gasteiger partial charge in [0, 0.05) is 11.4 Å². The molecule has 2 rings (SSSR count). The molecule has 1 aliphatic heterocycles. The second kappa shape index (κ2) is 8.24. The van der Waals surface area contributed by atoms with Gasteiger partial charge in [-0.1, -0.05) is 21.3 Å². The van der Waals surface area contributed by atoms with Crippen LogP contribution in [0.3, 0.4) is 0 Å². The number of esters is 1. The van der Waals surface area contributed by atoms with Gasteiger partial charge in [0.05, 0.1) is 20.8 Å². The molecule has 0 amide bonds. The molecule has 1 aromatic heterocycles. The van der Waals surface area contributed by atoms with Crippen molar-refractivity contribution in [3.63, 3.8) is 0 Å². The lowest BCUT2D eigenvalue weighted by molar-refractivity contribution is -0.141. The maximum atomic E-state index is 11.3. The normalized spacial score (nSPS) is 13.8. The highest BCUT2D eigenvalue weighted by Gasteiger charge is 2.21. The zero-order valence-corrected chi connectivity index (χ0v) is 11.6. The van der Waals surface area contributed by atoms with E-state index >= 15 is 0 Å². The molecule has 0 aromatic carbocycles. The number of ether oxygens (including phenoxy) is 1. The topological polar surface area (TPSA) is 38.8 Å². The molecule has 0 radical (unpaired) electrons. The minimum Gasteiger partial charge on any atom is -0.465 e. The first kappa shape index (κ1) is 17.1. The molecule has 0 fully saturated rings. The number of carbonyl (C=O) groups excluding carboxylic acids is 1. The first-order valence-electron chi connectivity index (χ1n) is 5.73. The first-order chi connectivity index (χ1) is 8.24. The third kappa shape index (κ3) is 3.80. The summed E-state index contributed by atoms with van der Waals surface area (Å²) in [5.74, 6) is -0.252. The number of hydrogen-bond donors (Lipinski definition) is 0. The van der Waals surface area contributed by atoms with Gasteiger partial charge in [0.1, 0.15) is 4.88 Å². The van der Waals surface area contributed by atoms with Gasteiger partial charge in [0.2, 0.25) is 0 Å². The van der Waals surface area contributed by atoms with Crippen molar-refractivity contribution in [2.45, 2.75) is 34.2 Å². The summed E-state index contributed by atoms with van der Waals surface area (Å²) in [5.41, 5.74) is 1.17. The van der Waals surface area contributed by atoms with Crippen LogP contribution >= 0.6 is 11.3 Å². The molecule has 0 unspecified atom stereocenters. The molecule has 18 heavy (non-hydrogen) atoms. The fourth-order valence-corrected chi connectivity index (χ4v) is 2.75. The van der Waals surface area contributed by atoms with Crippen LogP contribution in [0.25, 0.3) is 0 Å². The van der Waals surface area contributed by atoms with Gasteiger partial charge >= 0.3 is 5.97 Å². The molecule has 0 N–H and O–H groups in total. The number of carbonyl (C=O) groups is 1. The van der Waals surface area contributed by atoms with Gasteiger partial charge < -0.3 is 9.57 Å². The van der Waals surface area contributed by atoms with Crippen molar-refractivity contribution in [3.8, 4) is 0 Å². The van der Waals surface area contributed by atoms with E-state index in [1.807, 2.05) is 25.0 Å². The summed E-state index contributed by atoms with van der Waals surface area (Å²) in [6.07, 6.45) is 0.935. The predicted molar refractivity (Wildman–Crippen MR) is 74.9 cm³/mol. The maximum absolute atomic E-state index is 11.3. The predicted octanol–water partition coefficient (Wildman–Crippen LogP) is 3.12. The van der Waals surface area contributed by atoms with Crippen molar-refractivity contribution in [3.05, 3.63) is 21.4 Å². The lowest BCUT2D eigenvalue weighted by atomic mass is 10.1. The maximum Gasteiger partial charge on any atom is 0.348 e. The summed E-state index contributed by atoms with van der Waals surface area (Å²) in [5, 5.41) is 1.89. The van der Waals surface area contributed by atoms with Crippen LogP contribution in [0, 0.1) is 0 Å². The van der Waals surface area contributed by atoms with E-state index in [-0.39, 0.29) is 13.4 Å². The van der Waals surface area contributed by atoms with Crippen molar-refractivity contribution < 1.29 is 14.4 Å². The zero-order valence-electron chi connectivity index (χ0n) is 10.8. The Bertz CT molecular complexity index is 376. The molecule has 0 aliphatic carbocycles. The molecule has 0 bridgehead atoms. The number of hydrogen-bond acceptors (Lipinski definition) is 5. The Balaban J connectivity index is 0.000000917. The number of rotatable bonds is 2. The summed E-state index contributed by atoms with van der Waals surface area (Å²) in [4.78, 5) is 18.4. The minimum atomic E-state index is -0.252. The van der Waals surface area contributed by atoms with Crippen molar-refractivity contribution in [2.24, 2.45) is 0 Å². The Labute approximate surface area is 113 Å². The van der Waals surface area contributed by atoms with Crippen LogP contribution in [0.5, 0.6) is 0 Å². The third-order valence-electron chi connectivity index (χ3n) is 2.48. The highest BCUT2D eigenvalue weighted by molar-refractivity contribution is 7.14. The molecule has 1 aromatic rings. The molecule has 1 aliphatic rings. The first-order valence-corrected chi connectivity index (χ1v) is 6.55. The molecular formula is C13H23NO3S. The largest absolute Gasteiger partial charge is 0.465 e. The Kier molecular flexibility index (Phi) is 7.82. The van der Waals surface area contributed by atoms with Crippen LogP contribution in [0.4, 0.5) is 0 Å². The number of hydroxylamine groups is 2. The van der Waals surface area contributed by atoms with E-state index in [1.54, 1.807) is 7.11 Å². The van der Waals surface area contributed by atoms with E-state index in [9.17, 15) is 4.79 Å². The Morgan fingerprint density at radius 2 is 2.06 bits per heavy atom. The average molecular weight is 273 g/mol. The summed E-state index contributed by atoms with van der Waals surface area (Å²) >= 11 is 1.52. The van der Waals surface area contributed by atoms with Crippen LogP contribution in [0.15, 0.2) is 6.07 Å². The number of methoxy groups -OCH3 is 1. The summed E-state index contributed by atoms with van der Waals surface area (Å²) < 4.78 is 4.69. The second-order valence-corrected chi connectivity index (χ2v) is 4.48. The van der Waals surface area contributed by atoms with E-state index < -0.39 is 0 Å². The molecule has 0 saturated carbocycles. The molecule has 2 heterocycles. The molecule has 4 nitrogen and oxygen atoms in total. The molecule has 104 valence electrons. The van der Waals surface area contributed by atoms with Crippen molar-refractivity contribution >= 4 is 17.3 Å². The van der Waals surface area contributed by atoms with Gasteiger partial charge in [-0.15, -0.1) is 11.3 Å². The van der Waals surface area contributed by atoms with E-state index in [2.05, 4.69) is 0 Å². The molecular weight excluding hydrogens is 250 g/mol. The summed E-state index contributed by atoms with van der Waals surface area (Å²) in [6.45, 7) is 5.63. The van der Waals surface area contributed by atoms with Crippen LogP contribution in [-0.4, -0.2) is 31.8 Å². The van der Waals surface area contributed by atoms with Crippen LogP contribution in [-0.2, 0) is 22.5 Å². The minimum absolute atomic E-state index is 0. The smallest absolute Gasteiger partial charge is 0.348 e. The molecule has 0 atom stereocenters. The quantitative estimate of drug-likeness (QED) is 0.776. The molecule has 5 heteroatoms. The van der Waals surface area contributed by atoms with E-state index in [0.717, 1.165) is 19.5 Å². The van der Waals surface area contributed by atoms with E-state index in [4.69, 9.17) is 9.57 Å². The lowest BCUT2D eigenvalue weighted by Gasteiger charge is -2.23.